The van der Waals surface area contributed by atoms with Crippen molar-refractivity contribution in [3.05, 3.63) is 145 Å². The van der Waals surface area contributed by atoms with Gasteiger partial charge in [-0.15, -0.1) is 0 Å². The van der Waals surface area contributed by atoms with Crippen molar-refractivity contribution in [2.45, 2.75) is 19.3 Å². The fraction of sp³-hybridized carbons (Fsp3) is 0.0682. The van der Waals surface area contributed by atoms with Gasteiger partial charge in [-0.1, -0.05) is 111 Å². The number of furan rings is 1. The number of hydrogen-bond donors (Lipinski definition) is 0. The first-order valence-corrected chi connectivity index (χ1v) is 16.7. The maximum Gasteiger partial charge on any atom is 0.235 e. The number of pyridine rings is 1. The molecule has 5 nitrogen and oxygen atoms in total. The van der Waals surface area contributed by atoms with E-state index in [0.717, 1.165) is 60.8 Å². The van der Waals surface area contributed by atoms with Crippen LogP contribution in [-0.2, 0) is 5.41 Å². The lowest BCUT2D eigenvalue weighted by atomic mass is 9.80. The van der Waals surface area contributed by atoms with Gasteiger partial charge in [0.15, 0.2) is 0 Å². The van der Waals surface area contributed by atoms with Crippen LogP contribution >= 0.6 is 0 Å². The van der Waals surface area contributed by atoms with Crippen molar-refractivity contribution in [3.8, 4) is 28.5 Å². The van der Waals surface area contributed by atoms with Gasteiger partial charge in [-0.3, -0.25) is 9.55 Å². The van der Waals surface area contributed by atoms with Crippen molar-refractivity contribution in [1.82, 2.24) is 19.5 Å². The van der Waals surface area contributed by atoms with Crippen molar-refractivity contribution in [1.29, 1.82) is 0 Å². The van der Waals surface area contributed by atoms with Crippen LogP contribution in [0.5, 0.6) is 0 Å². The van der Waals surface area contributed by atoms with Gasteiger partial charge in [0.25, 0.3) is 0 Å². The van der Waals surface area contributed by atoms with Gasteiger partial charge in [0.1, 0.15) is 11.2 Å². The fourth-order valence-corrected chi connectivity index (χ4v) is 8.57. The molecular weight excluding hydrogens is 601 g/mol. The van der Waals surface area contributed by atoms with Gasteiger partial charge in [0.2, 0.25) is 5.95 Å². The summed E-state index contributed by atoms with van der Waals surface area (Å²) >= 11 is 0. The summed E-state index contributed by atoms with van der Waals surface area (Å²) in [7, 11) is 0. The Morgan fingerprint density at radius 1 is 0.571 bits per heavy atom. The third-order valence-corrected chi connectivity index (χ3v) is 10.6. The molecule has 0 unspecified atom stereocenters. The number of aromatic nitrogens is 4. The maximum atomic E-state index is 6.33. The first kappa shape index (κ1) is 26.7. The summed E-state index contributed by atoms with van der Waals surface area (Å²) < 4.78 is 8.65. The molecule has 0 radical (unpaired) electrons. The van der Waals surface area contributed by atoms with Crippen LogP contribution in [0.2, 0.25) is 0 Å². The van der Waals surface area contributed by atoms with E-state index in [2.05, 4.69) is 128 Å². The van der Waals surface area contributed by atoms with E-state index in [-0.39, 0.29) is 5.41 Å². The molecule has 4 aromatic heterocycles. The number of rotatable bonds is 2. The molecule has 0 fully saturated rings. The molecule has 5 heteroatoms. The molecule has 0 bridgehead atoms. The third kappa shape index (κ3) is 3.41. The smallest absolute Gasteiger partial charge is 0.235 e. The Morgan fingerprint density at radius 2 is 1.29 bits per heavy atom. The summed E-state index contributed by atoms with van der Waals surface area (Å²) in [4.78, 5) is 15.9. The number of benzene rings is 6. The number of hydrogen-bond acceptors (Lipinski definition) is 4. The molecule has 0 aliphatic heterocycles. The number of para-hydroxylation sites is 3. The second kappa shape index (κ2) is 9.39. The van der Waals surface area contributed by atoms with Gasteiger partial charge in [0, 0.05) is 49.7 Å². The molecule has 0 saturated heterocycles. The van der Waals surface area contributed by atoms with Gasteiger partial charge in [-0.2, -0.15) is 0 Å². The SMILES string of the molecule is CC1(C)c2cccnc2-c2c1c1c(c3ccccc23)c2ccccc2n1-c1nc(-c2cccc3oc4ccccc4c23)c2ccccc2n1. The number of nitrogens with zero attached hydrogens (tertiary/aromatic N) is 4. The van der Waals surface area contributed by atoms with Crippen molar-refractivity contribution < 1.29 is 4.42 Å². The Bertz CT molecular complexity index is 3040. The average molecular weight is 629 g/mol. The maximum absolute atomic E-state index is 6.33. The molecule has 6 aromatic carbocycles. The topological polar surface area (TPSA) is 56.7 Å². The summed E-state index contributed by atoms with van der Waals surface area (Å²) in [6.07, 6.45) is 1.91. The molecule has 0 spiro atoms. The molecule has 49 heavy (non-hydrogen) atoms. The molecule has 1 aliphatic rings. The van der Waals surface area contributed by atoms with Crippen LogP contribution in [-0.4, -0.2) is 19.5 Å². The molecule has 4 heterocycles. The molecule has 1 aliphatic carbocycles. The molecule has 0 saturated carbocycles. The zero-order valence-corrected chi connectivity index (χ0v) is 26.9. The van der Waals surface area contributed by atoms with E-state index >= 15 is 0 Å². The van der Waals surface area contributed by atoms with Gasteiger partial charge >= 0.3 is 0 Å². The van der Waals surface area contributed by atoms with E-state index in [1.54, 1.807) is 0 Å². The van der Waals surface area contributed by atoms with Crippen molar-refractivity contribution in [2.24, 2.45) is 0 Å². The number of fused-ring (bicyclic) bond motifs is 14. The lowest BCUT2D eigenvalue weighted by Crippen LogP contribution is -2.17. The summed E-state index contributed by atoms with van der Waals surface area (Å²) in [5, 5.41) is 7.95. The normalized spacial score (nSPS) is 13.7. The van der Waals surface area contributed by atoms with E-state index in [1.807, 2.05) is 24.4 Å². The third-order valence-electron chi connectivity index (χ3n) is 10.6. The Kier molecular flexibility index (Phi) is 5.12. The quantitative estimate of drug-likeness (QED) is 0.191. The Morgan fingerprint density at radius 3 is 2.16 bits per heavy atom. The zero-order valence-electron chi connectivity index (χ0n) is 26.9. The van der Waals surface area contributed by atoms with Crippen LogP contribution in [0, 0.1) is 0 Å². The highest BCUT2D eigenvalue weighted by atomic mass is 16.3. The highest BCUT2D eigenvalue weighted by Gasteiger charge is 2.41. The predicted octanol–water partition coefficient (Wildman–Crippen LogP) is 11.1. The van der Waals surface area contributed by atoms with E-state index in [9.17, 15) is 0 Å². The van der Waals surface area contributed by atoms with Crippen LogP contribution in [0.25, 0.3) is 93.9 Å². The minimum atomic E-state index is -0.311. The van der Waals surface area contributed by atoms with E-state index in [0.29, 0.717) is 5.95 Å². The van der Waals surface area contributed by atoms with Gasteiger partial charge in [0.05, 0.1) is 27.9 Å². The first-order chi connectivity index (χ1) is 24.1. The van der Waals surface area contributed by atoms with Crippen LogP contribution in [0.4, 0.5) is 0 Å². The lowest BCUT2D eigenvalue weighted by Gasteiger charge is -2.24. The standard InChI is InChI=1S/C44H28N4O/c1-44(2)31-19-12-24-45-41(31)38-26-14-4-3-13-25(26)37-28-16-6-9-21-33(28)48(42(37)39(38)44)43-46-32-20-8-5-15-27(32)40(47-43)30-18-11-23-35-36(30)29-17-7-10-22-34(29)49-35/h3-24H,1-2H3. The average Bonchev–Trinajstić information content (AvgIpc) is 3.77. The van der Waals surface area contributed by atoms with Gasteiger partial charge in [-0.05, 0) is 52.2 Å². The Balaban J connectivity index is 1.34. The fourth-order valence-electron chi connectivity index (χ4n) is 8.57. The van der Waals surface area contributed by atoms with Crippen LogP contribution in [0.3, 0.4) is 0 Å². The first-order valence-electron chi connectivity index (χ1n) is 16.7. The summed E-state index contributed by atoms with van der Waals surface area (Å²) in [6, 6.07) is 44.6. The minimum Gasteiger partial charge on any atom is -0.456 e. The molecule has 0 amide bonds. The van der Waals surface area contributed by atoms with Gasteiger partial charge < -0.3 is 4.42 Å². The van der Waals surface area contributed by atoms with Crippen molar-refractivity contribution in [2.75, 3.05) is 0 Å². The van der Waals surface area contributed by atoms with Crippen LogP contribution < -0.4 is 0 Å². The zero-order chi connectivity index (χ0) is 32.4. The van der Waals surface area contributed by atoms with Crippen molar-refractivity contribution >= 4 is 65.4 Å². The van der Waals surface area contributed by atoms with Gasteiger partial charge in [-0.25, -0.2) is 9.97 Å². The van der Waals surface area contributed by atoms with E-state index < -0.39 is 0 Å². The highest BCUT2D eigenvalue weighted by Crippen LogP contribution is 2.55. The monoisotopic (exact) mass is 628 g/mol. The highest BCUT2D eigenvalue weighted by molar-refractivity contribution is 6.26. The van der Waals surface area contributed by atoms with E-state index in [1.165, 1.54) is 38.2 Å². The van der Waals surface area contributed by atoms with Crippen LogP contribution in [0.1, 0.15) is 25.0 Å². The lowest BCUT2D eigenvalue weighted by molar-refractivity contribution is 0.662. The van der Waals surface area contributed by atoms with E-state index in [4.69, 9.17) is 19.4 Å². The molecular formula is C44H28N4O. The molecule has 230 valence electrons. The summed E-state index contributed by atoms with van der Waals surface area (Å²) in [5.74, 6) is 0.641. The largest absolute Gasteiger partial charge is 0.456 e. The second-order valence-electron chi connectivity index (χ2n) is 13.6. The summed E-state index contributed by atoms with van der Waals surface area (Å²) in [5.41, 5.74) is 11.1. The Labute approximate surface area is 281 Å². The predicted molar refractivity (Wildman–Crippen MR) is 199 cm³/mol. The molecule has 11 rings (SSSR count). The molecule has 10 aromatic rings. The minimum absolute atomic E-state index is 0.311. The molecule has 0 N–H and O–H groups in total. The second-order valence-corrected chi connectivity index (χ2v) is 13.6. The Hall–Kier alpha value is -6.33. The van der Waals surface area contributed by atoms with Crippen molar-refractivity contribution in [3.63, 3.8) is 0 Å². The summed E-state index contributed by atoms with van der Waals surface area (Å²) in [6.45, 7) is 4.65. The molecule has 0 atom stereocenters. The van der Waals surface area contributed by atoms with Crippen LogP contribution in [0.15, 0.2) is 138 Å².